The molecule has 7 heteroatoms. The van der Waals surface area contributed by atoms with Crippen LogP contribution in [0.25, 0.3) is 6.08 Å². The third-order valence-corrected chi connectivity index (χ3v) is 6.22. The van der Waals surface area contributed by atoms with E-state index < -0.39 is 6.10 Å². The molecule has 1 aromatic rings. The van der Waals surface area contributed by atoms with Crippen molar-refractivity contribution in [3.63, 3.8) is 0 Å². The zero-order valence-corrected chi connectivity index (χ0v) is 16.5. The summed E-state index contributed by atoms with van der Waals surface area (Å²) in [6, 6.07) is -0.0496. The Hall–Kier alpha value is -1.28. The molecule has 1 aliphatic heterocycles. The molecule has 2 heterocycles. The molecule has 3 rings (SSSR count). The number of ether oxygens (including phenoxy) is 1. The Morgan fingerprint density at radius 1 is 1.38 bits per heavy atom. The first kappa shape index (κ1) is 19.5. The average Bonchev–Trinajstić information content (AvgIpc) is 2.97. The molecular weight excluding hydrogens is 350 g/mol. The molecule has 0 aromatic carbocycles. The van der Waals surface area contributed by atoms with Crippen LogP contribution in [0.3, 0.4) is 0 Å². The van der Waals surface area contributed by atoms with Crippen molar-refractivity contribution < 1.29 is 14.6 Å². The van der Waals surface area contributed by atoms with Crippen molar-refractivity contribution in [1.29, 1.82) is 0 Å². The largest absolute Gasteiger partial charge is 0.389 e. The van der Waals surface area contributed by atoms with Crippen LogP contribution in [0.5, 0.6) is 0 Å². The van der Waals surface area contributed by atoms with E-state index in [4.69, 9.17) is 4.74 Å². The number of hydrogen-bond donors (Lipinski definition) is 1. The third kappa shape index (κ3) is 4.71. The molecule has 0 bridgehead atoms. The van der Waals surface area contributed by atoms with E-state index in [2.05, 4.69) is 9.88 Å². The molecule has 1 saturated carbocycles. The zero-order valence-electron chi connectivity index (χ0n) is 15.6. The van der Waals surface area contributed by atoms with Gasteiger partial charge in [0, 0.05) is 37.6 Å². The van der Waals surface area contributed by atoms with Gasteiger partial charge in [0.25, 0.3) is 0 Å². The van der Waals surface area contributed by atoms with Gasteiger partial charge < -0.3 is 14.7 Å². The lowest BCUT2D eigenvalue weighted by atomic mass is 9.98. The van der Waals surface area contributed by atoms with E-state index in [0.717, 1.165) is 62.7 Å². The standard InChI is InChI=1S/C19H29N3O3S/c1-14-20-15(13-26-14)7-8-18(23)21(2)16-5-3-4-6-17(19(16)24)22-9-11-25-12-10-22/h7-8,13,16-17,19,24H,3-6,9-12H2,1-2H3/b8-7+/t16-,17-,19-/m1/s1. The number of morpholine rings is 1. The van der Waals surface area contributed by atoms with Crippen molar-refractivity contribution in [1.82, 2.24) is 14.8 Å². The number of aliphatic hydroxyl groups excluding tert-OH is 1. The van der Waals surface area contributed by atoms with Crippen molar-refractivity contribution in [3.05, 3.63) is 22.2 Å². The van der Waals surface area contributed by atoms with E-state index >= 15 is 0 Å². The number of carbonyl (C=O) groups excluding carboxylic acids is 1. The van der Waals surface area contributed by atoms with Crippen molar-refractivity contribution >= 4 is 23.3 Å². The number of carbonyl (C=O) groups is 1. The Labute approximate surface area is 159 Å². The van der Waals surface area contributed by atoms with Gasteiger partial charge in [0.2, 0.25) is 5.91 Å². The second-order valence-corrected chi connectivity index (χ2v) is 8.19. The minimum atomic E-state index is -0.528. The smallest absolute Gasteiger partial charge is 0.246 e. The topological polar surface area (TPSA) is 65.9 Å². The molecule has 1 saturated heterocycles. The van der Waals surface area contributed by atoms with Crippen molar-refractivity contribution in [3.8, 4) is 0 Å². The number of aryl methyl sites for hydroxylation is 1. The lowest BCUT2D eigenvalue weighted by Gasteiger charge is -2.40. The van der Waals surface area contributed by atoms with Crippen LogP contribution < -0.4 is 0 Å². The first-order valence-corrected chi connectivity index (χ1v) is 10.3. The number of amides is 1. The van der Waals surface area contributed by atoms with E-state index in [1.807, 2.05) is 12.3 Å². The highest BCUT2D eigenvalue weighted by molar-refractivity contribution is 7.09. The van der Waals surface area contributed by atoms with Crippen LogP contribution in [0.15, 0.2) is 11.5 Å². The Morgan fingerprint density at radius 3 is 2.81 bits per heavy atom. The van der Waals surface area contributed by atoms with Gasteiger partial charge in [-0.15, -0.1) is 11.3 Å². The van der Waals surface area contributed by atoms with Crippen molar-refractivity contribution in [2.24, 2.45) is 0 Å². The lowest BCUT2D eigenvalue weighted by molar-refractivity contribution is -0.130. The predicted octanol–water partition coefficient (Wildman–Crippen LogP) is 1.93. The van der Waals surface area contributed by atoms with E-state index in [1.54, 1.807) is 35.4 Å². The highest BCUT2D eigenvalue weighted by Gasteiger charge is 2.37. The molecule has 1 aliphatic carbocycles. The second kappa shape index (κ2) is 9.08. The number of hydrogen-bond acceptors (Lipinski definition) is 6. The fraction of sp³-hybridized carbons (Fsp3) is 0.684. The number of aliphatic hydroxyl groups is 1. The zero-order chi connectivity index (χ0) is 18.5. The maximum absolute atomic E-state index is 12.6. The van der Waals surface area contributed by atoms with Gasteiger partial charge in [0.1, 0.15) is 0 Å². The second-order valence-electron chi connectivity index (χ2n) is 7.13. The Bertz CT molecular complexity index is 627. The number of aromatic nitrogens is 1. The highest BCUT2D eigenvalue weighted by Crippen LogP contribution is 2.26. The Morgan fingerprint density at radius 2 is 2.12 bits per heavy atom. The maximum Gasteiger partial charge on any atom is 0.246 e. The van der Waals surface area contributed by atoms with E-state index in [-0.39, 0.29) is 18.0 Å². The number of thiazole rings is 1. The van der Waals surface area contributed by atoms with Crippen molar-refractivity contribution in [2.75, 3.05) is 33.4 Å². The monoisotopic (exact) mass is 379 g/mol. The summed E-state index contributed by atoms with van der Waals surface area (Å²) in [7, 11) is 1.80. The molecule has 1 amide bonds. The minimum Gasteiger partial charge on any atom is -0.389 e. The summed E-state index contributed by atoms with van der Waals surface area (Å²) < 4.78 is 5.44. The van der Waals surface area contributed by atoms with Crippen LogP contribution in [-0.2, 0) is 9.53 Å². The molecule has 144 valence electrons. The first-order chi connectivity index (χ1) is 12.6. The maximum atomic E-state index is 12.6. The summed E-state index contributed by atoms with van der Waals surface area (Å²) in [5, 5.41) is 14.0. The molecule has 1 aromatic heterocycles. The summed E-state index contributed by atoms with van der Waals surface area (Å²) >= 11 is 1.57. The van der Waals surface area contributed by atoms with Crippen LogP contribution in [0.1, 0.15) is 36.4 Å². The molecule has 26 heavy (non-hydrogen) atoms. The Balaban J connectivity index is 1.66. The van der Waals surface area contributed by atoms with Crippen LogP contribution >= 0.6 is 11.3 Å². The van der Waals surface area contributed by atoms with Gasteiger partial charge in [0.05, 0.1) is 36.1 Å². The Kier molecular flexibility index (Phi) is 6.80. The third-order valence-electron chi connectivity index (χ3n) is 5.43. The number of rotatable bonds is 4. The van der Waals surface area contributed by atoms with E-state index in [0.29, 0.717) is 0 Å². The summed E-state index contributed by atoms with van der Waals surface area (Å²) in [6.07, 6.45) is 6.74. The molecule has 6 nitrogen and oxygen atoms in total. The summed E-state index contributed by atoms with van der Waals surface area (Å²) in [6.45, 7) is 5.10. The quantitative estimate of drug-likeness (QED) is 0.640. The highest BCUT2D eigenvalue weighted by atomic mass is 32.1. The van der Waals surface area contributed by atoms with Crippen LogP contribution in [0.2, 0.25) is 0 Å². The summed E-state index contributed by atoms with van der Waals surface area (Å²) in [5.41, 5.74) is 0.807. The van der Waals surface area contributed by atoms with Gasteiger partial charge in [-0.1, -0.05) is 12.8 Å². The molecule has 1 N–H and O–H groups in total. The molecular formula is C19H29N3O3S. The summed E-state index contributed by atoms with van der Waals surface area (Å²) in [4.78, 5) is 21.0. The molecule has 0 radical (unpaired) electrons. The summed E-state index contributed by atoms with van der Waals surface area (Å²) in [5.74, 6) is -0.0812. The normalized spacial score (nSPS) is 28.2. The van der Waals surface area contributed by atoms with E-state index in [1.165, 1.54) is 0 Å². The SMILES string of the molecule is Cc1nc(/C=C/C(=O)N(C)[C@@H]2CCCC[C@@H](N3CCOCC3)[C@@H]2O)cs1. The van der Waals surface area contributed by atoms with Crippen LogP contribution in [-0.4, -0.2) is 77.3 Å². The lowest BCUT2D eigenvalue weighted by Crippen LogP contribution is -2.55. The fourth-order valence-electron chi connectivity index (χ4n) is 3.93. The van der Waals surface area contributed by atoms with Gasteiger partial charge >= 0.3 is 0 Å². The molecule has 0 unspecified atom stereocenters. The van der Waals surface area contributed by atoms with E-state index in [9.17, 15) is 9.90 Å². The van der Waals surface area contributed by atoms with Gasteiger partial charge in [-0.05, 0) is 25.8 Å². The minimum absolute atomic E-state index is 0.0812. The predicted molar refractivity (Wildman–Crippen MR) is 103 cm³/mol. The molecule has 2 fully saturated rings. The van der Waals surface area contributed by atoms with Crippen molar-refractivity contribution in [2.45, 2.75) is 50.8 Å². The first-order valence-electron chi connectivity index (χ1n) is 9.43. The van der Waals surface area contributed by atoms with Crippen LogP contribution in [0.4, 0.5) is 0 Å². The number of likely N-dealkylation sites (N-methyl/N-ethyl adjacent to an activating group) is 1. The van der Waals surface area contributed by atoms with Crippen LogP contribution in [0, 0.1) is 6.92 Å². The van der Waals surface area contributed by atoms with Gasteiger partial charge in [-0.2, -0.15) is 0 Å². The van der Waals surface area contributed by atoms with Gasteiger partial charge in [0.15, 0.2) is 0 Å². The average molecular weight is 380 g/mol. The fourth-order valence-corrected chi connectivity index (χ4v) is 4.51. The molecule has 2 aliphatic rings. The molecule has 3 atom stereocenters. The van der Waals surface area contributed by atoms with Gasteiger partial charge in [-0.3, -0.25) is 9.69 Å². The van der Waals surface area contributed by atoms with Gasteiger partial charge in [-0.25, -0.2) is 4.98 Å². The number of nitrogens with zero attached hydrogens (tertiary/aromatic N) is 3. The molecule has 0 spiro atoms.